The maximum absolute atomic E-state index is 5.58. The molecule has 3 nitrogen and oxygen atoms in total. The van der Waals surface area contributed by atoms with Crippen LogP contribution in [0.2, 0.25) is 0 Å². The first-order valence-corrected chi connectivity index (χ1v) is 4.29. The Morgan fingerprint density at radius 2 is 1.33 bits per heavy atom. The van der Waals surface area contributed by atoms with Gasteiger partial charge < -0.3 is 0 Å². The Labute approximate surface area is 85.1 Å². The number of hydrogen-bond donors (Lipinski definition) is 0. The van der Waals surface area contributed by atoms with Crippen LogP contribution in [0.1, 0.15) is 17.5 Å². The molecule has 1 rings (SSSR count). The van der Waals surface area contributed by atoms with E-state index in [1.165, 1.54) is 0 Å². The van der Waals surface area contributed by atoms with Gasteiger partial charge in [0.15, 0.2) is 5.82 Å². The van der Waals surface area contributed by atoms with Gasteiger partial charge in [0, 0.05) is 0 Å². The topological polar surface area (TPSA) is 38.7 Å². The molecular formula is C6H6Cl3N3. The minimum atomic E-state index is -1.57. The van der Waals surface area contributed by atoms with Crippen LogP contribution in [0.25, 0.3) is 0 Å². The molecule has 6 heteroatoms. The van der Waals surface area contributed by atoms with Crippen molar-refractivity contribution in [2.24, 2.45) is 0 Å². The summed E-state index contributed by atoms with van der Waals surface area (Å²) in [5.74, 6) is 1.25. The maximum atomic E-state index is 5.58. The highest BCUT2D eigenvalue weighted by Crippen LogP contribution is 2.35. The van der Waals surface area contributed by atoms with E-state index in [0.717, 1.165) is 0 Å². The molecule has 0 radical (unpaired) electrons. The van der Waals surface area contributed by atoms with Crippen molar-refractivity contribution in [1.82, 2.24) is 15.0 Å². The van der Waals surface area contributed by atoms with Gasteiger partial charge >= 0.3 is 0 Å². The van der Waals surface area contributed by atoms with Crippen molar-refractivity contribution in [3.05, 3.63) is 17.5 Å². The molecule has 0 aliphatic carbocycles. The first-order valence-electron chi connectivity index (χ1n) is 3.16. The Morgan fingerprint density at radius 3 is 1.67 bits per heavy atom. The van der Waals surface area contributed by atoms with E-state index in [-0.39, 0.29) is 5.82 Å². The molecule has 0 spiro atoms. The van der Waals surface area contributed by atoms with Crippen LogP contribution in [0.15, 0.2) is 0 Å². The van der Waals surface area contributed by atoms with Crippen LogP contribution in [0.5, 0.6) is 0 Å². The molecule has 0 saturated heterocycles. The molecular weight excluding hydrogens is 220 g/mol. The van der Waals surface area contributed by atoms with Crippen LogP contribution in [-0.2, 0) is 3.79 Å². The average Bonchev–Trinajstić information content (AvgIpc) is 1.82. The number of aryl methyl sites for hydroxylation is 2. The van der Waals surface area contributed by atoms with Crippen LogP contribution < -0.4 is 0 Å². The van der Waals surface area contributed by atoms with E-state index in [1.54, 1.807) is 13.8 Å². The van der Waals surface area contributed by atoms with Gasteiger partial charge in [-0.25, -0.2) is 15.0 Å². The van der Waals surface area contributed by atoms with Gasteiger partial charge in [-0.05, 0) is 13.8 Å². The van der Waals surface area contributed by atoms with Crippen molar-refractivity contribution >= 4 is 34.8 Å². The predicted molar refractivity (Wildman–Crippen MR) is 48.5 cm³/mol. The second-order valence-electron chi connectivity index (χ2n) is 2.25. The van der Waals surface area contributed by atoms with Gasteiger partial charge in [-0.3, -0.25) is 0 Å². The van der Waals surface area contributed by atoms with Gasteiger partial charge in [-0.15, -0.1) is 0 Å². The highest BCUT2D eigenvalue weighted by Gasteiger charge is 2.27. The highest BCUT2D eigenvalue weighted by molar-refractivity contribution is 6.66. The second-order valence-corrected chi connectivity index (χ2v) is 4.53. The van der Waals surface area contributed by atoms with Gasteiger partial charge in [0.25, 0.3) is 0 Å². The third kappa shape index (κ3) is 2.44. The van der Waals surface area contributed by atoms with Crippen molar-refractivity contribution in [3.63, 3.8) is 0 Å². The Morgan fingerprint density at radius 1 is 0.917 bits per heavy atom. The Bertz CT molecular complexity index is 274. The molecule has 12 heavy (non-hydrogen) atoms. The molecule has 0 aromatic carbocycles. The standard InChI is InChI=1S/C6H6Cl3N3/c1-3-10-4(2)12-5(11-3)6(7,8)9/h1-2H3. The third-order valence-corrected chi connectivity index (χ3v) is 1.62. The van der Waals surface area contributed by atoms with E-state index in [2.05, 4.69) is 15.0 Å². The highest BCUT2D eigenvalue weighted by atomic mass is 35.6. The van der Waals surface area contributed by atoms with E-state index in [9.17, 15) is 0 Å². The maximum Gasteiger partial charge on any atom is 0.250 e. The van der Waals surface area contributed by atoms with E-state index in [0.29, 0.717) is 11.6 Å². The number of rotatable bonds is 0. The summed E-state index contributed by atoms with van der Waals surface area (Å²) in [5, 5.41) is 0. The number of halogens is 3. The minimum Gasteiger partial charge on any atom is -0.219 e. The SMILES string of the molecule is Cc1nc(C)nc(C(Cl)(Cl)Cl)n1. The van der Waals surface area contributed by atoms with Gasteiger partial charge in [0.1, 0.15) is 11.6 Å². The molecule has 0 saturated carbocycles. The van der Waals surface area contributed by atoms with E-state index in [1.807, 2.05) is 0 Å². The summed E-state index contributed by atoms with van der Waals surface area (Å²) in [4.78, 5) is 11.7. The van der Waals surface area contributed by atoms with E-state index < -0.39 is 3.79 Å². The first-order chi connectivity index (χ1) is 5.39. The second kappa shape index (κ2) is 3.32. The molecule has 0 aliphatic rings. The number of alkyl halides is 3. The van der Waals surface area contributed by atoms with E-state index in [4.69, 9.17) is 34.8 Å². The van der Waals surface area contributed by atoms with Crippen LogP contribution in [-0.4, -0.2) is 15.0 Å². The van der Waals surface area contributed by atoms with Gasteiger partial charge in [0.2, 0.25) is 3.79 Å². The minimum absolute atomic E-state index is 0.164. The van der Waals surface area contributed by atoms with Crippen LogP contribution >= 0.6 is 34.8 Å². The Kier molecular flexibility index (Phi) is 2.76. The molecule has 1 aromatic rings. The molecule has 66 valence electrons. The zero-order valence-electron chi connectivity index (χ0n) is 6.48. The largest absolute Gasteiger partial charge is 0.250 e. The van der Waals surface area contributed by atoms with Crippen molar-refractivity contribution in [2.45, 2.75) is 17.6 Å². The Balaban J connectivity index is 3.18. The fourth-order valence-electron chi connectivity index (χ4n) is 0.742. The summed E-state index contributed by atoms with van der Waals surface area (Å²) >= 11 is 16.7. The summed E-state index contributed by atoms with van der Waals surface area (Å²) in [6.07, 6.45) is 0. The predicted octanol–water partition coefficient (Wildman–Crippen LogP) is 2.32. The molecule has 0 amide bonds. The zero-order chi connectivity index (χ0) is 9.35. The lowest BCUT2D eigenvalue weighted by Gasteiger charge is -2.09. The van der Waals surface area contributed by atoms with E-state index >= 15 is 0 Å². The summed E-state index contributed by atoms with van der Waals surface area (Å²) < 4.78 is -1.57. The first kappa shape index (κ1) is 9.96. The van der Waals surface area contributed by atoms with Crippen LogP contribution in [0, 0.1) is 13.8 Å². The lowest BCUT2D eigenvalue weighted by Crippen LogP contribution is -2.10. The lowest BCUT2D eigenvalue weighted by molar-refractivity contribution is 0.841. The fraction of sp³-hybridized carbons (Fsp3) is 0.500. The molecule has 1 heterocycles. The molecule has 0 atom stereocenters. The van der Waals surface area contributed by atoms with Crippen molar-refractivity contribution in [1.29, 1.82) is 0 Å². The monoisotopic (exact) mass is 225 g/mol. The summed E-state index contributed by atoms with van der Waals surface area (Å²) in [7, 11) is 0. The third-order valence-electron chi connectivity index (χ3n) is 1.11. The van der Waals surface area contributed by atoms with Crippen LogP contribution in [0.4, 0.5) is 0 Å². The Hall–Kier alpha value is -0.120. The molecule has 0 fully saturated rings. The zero-order valence-corrected chi connectivity index (χ0v) is 8.74. The number of nitrogens with zero attached hydrogens (tertiary/aromatic N) is 3. The molecule has 0 bridgehead atoms. The van der Waals surface area contributed by atoms with Crippen molar-refractivity contribution in [2.75, 3.05) is 0 Å². The molecule has 1 aromatic heterocycles. The van der Waals surface area contributed by atoms with Gasteiger partial charge in [0.05, 0.1) is 0 Å². The lowest BCUT2D eigenvalue weighted by atomic mass is 10.5. The molecule has 0 unspecified atom stereocenters. The number of aromatic nitrogens is 3. The quantitative estimate of drug-likeness (QED) is 0.637. The van der Waals surface area contributed by atoms with Gasteiger partial charge in [-0.1, -0.05) is 34.8 Å². The van der Waals surface area contributed by atoms with Crippen molar-refractivity contribution < 1.29 is 0 Å². The number of hydrogen-bond acceptors (Lipinski definition) is 3. The van der Waals surface area contributed by atoms with Crippen LogP contribution in [0.3, 0.4) is 0 Å². The van der Waals surface area contributed by atoms with Crippen molar-refractivity contribution in [3.8, 4) is 0 Å². The summed E-state index contributed by atoms with van der Waals surface area (Å²) in [5.41, 5.74) is 0. The fourth-order valence-corrected chi connectivity index (χ4v) is 0.996. The smallest absolute Gasteiger partial charge is 0.219 e. The normalized spacial score (nSPS) is 11.8. The van der Waals surface area contributed by atoms with Gasteiger partial charge in [-0.2, -0.15) is 0 Å². The molecule has 0 N–H and O–H groups in total. The summed E-state index contributed by atoms with van der Waals surface area (Å²) in [6.45, 7) is 3.43. The average molecular weight is 226 g/mol. The molecule has 0 aliphatic heterocycles. The summed E-state index contributed by atoms with van der Waals surface area (Å²) in [6, 6.07) is 0.